The van der Waals surface area contributed by atoms with E-state index in [0.717, 1.165) is 23.8 Å². The first kappa shape index (κ1) is 17.3. The Kier molecular flexibility index (Phi) is 8.14. The van der Waals surface area contributed by atoms with Crippen LogP contribution in [0.4, 0.5) is 0 Å². The molecule has 1 nitrogen and oxygen atoms in total. The lowest BCUT2D eigenvalue weighted by Gasteiger charge is -2.26. The molecule has 2 saturated carbocycles. The minimum absolute atomic E-state index is 0.845. The van der Waals surface area contributed by atoms with E-state index >= 15 is 0 Å². The standard InChI is InChI=1S/C20H39N/c1-3-5-6-7-8-9-10-11-12-20(21-13-4-2)19-15-17-14-18(17)16-19/h17-21H,3-16H2,1-2H3. The first-order valence-corrected chi connectivity index (χ1v) is 10.1. The summed E-state index contributed by atoms with van der Waals surface area (Å²) in [5.74, 6) is 3.30. The molecule has 1 N–H and O–H groups in total. The van der Waals surface area contributed by atoms with Crippen molar-refractivity contribution in [2.24, 2.45) is 17.8 Å². The fourth-order valence-corrected chi connectivity index (χ4v) is 4.42. The van der Waals surface area contributed by atoms with E-state index in [1.54, 1.807) is 19.3 Å². The highest BCUT2D eigenvalue weighted by Gasteiger charge is 2.47. The van der Waals surface area contributed by atoms with Gasteiger partial charge < -0.3 is 5.32 Å². The summed E-state index contributed by atoms with van der Waals surface area (Å²) in [6.45, 7) is 5.83. The smallest absolute Gasteiger partial charge is 0.00955 e. The van der Waals surface area contributed by atoms with Gasteiger partial charge in [0.2, 0.25) is 0 Å². The lowest BCUT2D eigenvalue weighted by molar-refractivity contribution is 0.310. The molecule has 2 aliphatic carbocycles. The third-order valence-corrected chi connectivity index (χ3v) is 5.87. The molecule has 0 saturated heterocycles. The molecule has 0 heterocycles. The average Bonchev–Trinajstić information content (AvgIpc) is 3.11. The second-order valence-electron chi connectivity index (χ2n) is 7.81. The van der Waals surface area contributed by atoms with Crippen molar-refractivity contribution in [3.05, 3.63) is 0 Å². The number of hydrogen-bond donors (Lipinski definition) is 1. The predicted octanol–water partition coefficient (Wildman–Crippen LogP) is 5.93. The van der Waals surface area contributed by atoms with Crippen molar-refractivity contribution in [1.29, 1.82) is 0 Å². The van der Waals surface area contributed by atoms with Crippen LogP contribution in [0.25, 0.3) is 0 Å². The summed E-state index contributed by atoms with van der Waals surface area (Å²) in [5, 5.41) is 3.87. The van der Waals surface area contributed by atoms with E-state index in [0.29, 0.717) is 0 Å². The van der Waals surface area contributed by atoms with Gasteiger partial charge in [-0.2, -0.15) is 0 Å². The van der Waals surface area contributed by atoms with Gasteiger partial charge in [0.25, 0.3) is 0 Å². The molecule has 0 radical (unpaired) electrons. The second kappa shape index (κ2) is 9.87. The second-order valence-corrected chi connectivity index (χ2v) is 7.81. The fourth-order valence-electron chi connectivity index (χ4n) is 4.42. The third-order valence-electron chi connectivity index (χ3n) is 5.87. The molecular weight excluding hydrogens is 254 g/mol. The van der Waals surface area contributed by atoms with Crippen LogP contribution >= 0.6 is 0 Å². The van der Waals surface area contributed by atoms with Gasteiger partial charge >= 0.3 is 0 Å². The molecule has 0 aromatic heterocycles. The minimum atomic E-state index is 0.845. The highest BCUT2D eigenvalue weighted by atomic mass is 14.9. The molecule has 0 aromatic carbocycles. The molecule has 21 heavy (non-hydrogen) atoms. The molecule has 0 aromatic rings. The van der Waals surface area contributed by atoms with Crippen LogP contribution < -0.4 is 5.32 Å². The van der Waals surface area contributed by atoms with Crippen LogP contribution in [0.15, 0.2) is 0 Å². The first-order valence-electron chi connectivity index (χ1n) is 10.1. The van der Waals surface area contributed by atoms with Crippen LogP contribution in [-0.2, 0) is 0 Å². The Bertz CT molecular complexity index is 253. The number of hydrogen-bond acceptors (Lipinski definition) is 1. The molecule has 2 aliphatic rings. The summed E-state index contributed by atoms with van der Waals surface area (Å²) in [6, 6.07) is 0.845. The quantitative estimate of drug-likeness (QED) is 0.415. The largest absolute Gasteiger partial charge is 0.314 e. The molecule has 3 unspecified atom stereocenters. The number of fused-ring (bicyclic) bond motifs is 1. The SMILES string of the molecule is CCCCCCCCCCC(NCCC)C1CC2CC2C1. The van der Waals surface area contributed by atoms with Gasteiger partial charge in [0.15, 0.2) is 0 Å². The highest BCUT2D eigenvalue weighted by molar-refractivity contribution is 4.99. The molecule has 3 atom stereocenters. The van der Waals surface area contributed by atoms with Gasteiger partial charge in [-0.05, 0) is 56.4 Å². The van der Waals surface area contributed by atoms with Gasteiger partial charge in [0.05, 0.1) is 0 Å². The summed E-state index contributed by atoms with van der Waals surface area (Å²) in [6.07, 6.45) is 19.0. The Morgan fingerprint density at radius 1 is 0.762 bits per heavy atom. The molecule has 0 spiro atoms. The fraction of sp³-hybridized carbons (Fsp3) is 1.00. The summed E-state index contributed by atoms with van der Waals surface area (Å²) in [5.41, 5.74) is 0. The van der Waals surface area contributed by atoms with Crippen LogP contribution in [0, 0.1) is 17.8 Å². The Labute approximate surface area is 133 Å². The van der Waals surface area contributed by atoms with Gasteiger partial charge in [-0.3, -0.25) is 0 Å². The molecule has 0 bridgehead atoms. The Hall–Kier alpha value is -0.0400. The summed E-state index contributed by atoms with van der Waals surface area (Å²) in [7, 11) is 0. The Morgan fingerprint density at radius 2 is 1.38 bits per heavy atom. The van der Waals surface area contributed by atoms with E-state index in [2.05, 4.69) is 19.2 Å². The topological polar surface area (TPSA) is 12.0 Å². The molecule has 0 amide bonds. The molecule has 124 valence electrons. The Morgan fingerprint density at radius 3 is 2.00 bits per heavy atom. The van der Waals surface area contributed by atoms with E-state index in [-0.39, 0.29) is 0 Å². The normalized spacial score (nSPS) is 28.6. The lowest BCUT2D eigenvalue weighted by Crippen LogP contribution is -2.36. The van der Waals surface area contributed by atoms with E-state index in [1.807, 2.05) is 0 Å². The van der Waals surface area contributed by atoms with Crippen molar-refractivity contribution in [2.45, 2.75) is 103 Å². The number of rotatable bonds is 13. The van der Waals surface area contributed by atoms with Crippen molar-refractivity contribution >= 4 is 0 Å². The minimum Gasteiger partial charge on any atom is -0.314 e. The summed E-state index contributed by atoms with van der Waals surface area (Å²) < 4.78 is 0. The average molecular weight is 294 g/mol. The van der Waals surface area contributed by atoms with E-state index in [4.69, 9.17) is 0 Å². The van der Waals surface area contributed by atoms with E-state index < -0.39 is 0 Å². The van der Waals surface area contributed by atoms with Crippen molar-refractivity contribution in [2.75, 3.05) is 6.54 Å². The maximum atomic E-state index is 3.87. The Balaban J connectivity index is 1.52. The van der Waals surface area contributed by atoms with E-state index in [9.17, 15) is 0 Å². The summed E-state index contributed by atoms with van der Waals surface area (Å²) >= 11 is 0. The molecule has 2 rings (SSSR count). The zero-order valence-corrected chi connectivity index (χ0v) is 14.7. The van der Waals surface area contributed by atoms with Gasteiger partial charge in [-0.1, -0.05) is 65.2 Å². The van der Waals surface area contributed by atoms with Crippen LogP contribution in [0.2, 0.25) is 0 Å². The zero-order valence-electron chi connectivity index (χ0n) is 14.7. The van der Waals surface area contributed by atoms with Crippen LogP contribution in [0.3, 0.4) is 0 Å². The van der Waals surface area contributed by atoms with E-state index in [1.165, 1.54) is 70.8 Å². The highest BCUT2D eigenvalue weighted by Crippen LogP contribution is 2.55. The van der Waals surface area contributed by atoms with Crippen LogP contribution in [0.5, 0.6) is 0 Å². The van der Waals surface area contributed by atoms with Crippen LogP contribution in [0.1, 0.15) is 97.3 Å². The van der Waals surface area contributed by atoms with Gasteiger partial charge in [-0.25, -0.2) is 0 Å². The maximum absolute atomic E-state index is 3.87. The number of unbranched alkanes of at least 4 members (excludes halogenated alkanes) is 7. The maximum Gasteiger partial charge on any atom is 0.00955 e. The third kappa shape index (κ3) is 6.30. The van der Waals surface area contributed by atoms with Crippen molar-refractivity contribution < 1.29 is 0 Å². The monoisotopic (exact) mass is 293 g/mol. The van der Waals surface area contributed by atoms with Crippen molar-refractivity contribution in [3.8, 4) is 0 Å². The summed E-state index contributed by atoms with van der Waals surface area (Å²) in [4.78, 5) is 0. The number of nitrogens with one attached hydrogen (secondary N) is 1. The lowest BCUT2D eigenvalue weighted by atomic mass is 9.90. The van der Waals surface area contributed by atoms with Gasteiger partial charge in [0.1, 0.15) is 0 Å². The molecule has 2 fully saturated rings. The zero-order chi connectivity index (χ0) is 14.9. The van der Waals surface area contributed by atoms with Crippen molar-refractivity contribution in [1.82, 2.24) is 5.32 Å². The predicted molar refractivity (Wildman–Crippen MR) is 93.6 cm³/mol. The van der Waals surface area contributed by atoms with Gasteiger partial charge in [-0.15, -0.1) is 0 Å². The molecule has 0 aliphatic heterocycles. The molecule has 1 heteroatoms. The first-order chi connectivity index (χ1) is 10.3. The molecular formula is C20H39N. The van der Waals surface area contributed by atoms with Gasteiger partial charge in [0, 0.05) is 6.04 Å². The van der Waals surface area contributed by atoms with Crippen molar-refractivity contribution in [3.63, 3.8) is 0 Å². The van der Waals surface area contributed by atoms with Crippen LogP contribution in [-0.4, -0.2) is 12.6 Å².